The van der Waals surface area contributed by atoms with Crippen LogP contribution in [0.4, 0.5) is 4.79 Å². The first-order chi connectivity index (χ1) is 13.5. The van der Waals surface area contributed by atoms with Crippen LogP contribution in [0, 0.1) is 5.41 Å². The second-order valence-corrected chi connectivity index (χ2v) is 14.2. The van der Waals surface area contributed by atoms with E-state index in [-0.39, 0.29) is 22.9 Å². The predicted octanol–water partition coefficient (Wildman–Crippen LogP) is 4.52. The van der Waals surface area contributed by atoms with Crippen molar-refractivity contribution in [2.24, 2.45) is 10.6 Å². The lowest BCUT2D eigenvalue weighted by Gasteiger charge is -2.27. The highest BCUT2D eigenvalue weighted by Crippen LogP contribution is 2.12. The Morgan fingerprint density at radius 2 is 0.969 bits per heavy atom. The molecule has 0 unspecified atom stereocenters. The standard InChI is InChI=1S/C7H15NO2.C6H15N.C6H12O.C4H11NO2S/c1-7(2,3)10-6(9)8(4)5;1-6(2,3)7(4)5;1-5(7)6(2,3)4;1-4(2,3)8(5,6)7/h1-5H3;1-5H3;1-4H3;1-3H3,(H2,5,6,7). The normalized spacial score (nSPS) is 12.2. The van der Waals surface area contributed by atoms with Crippen LogP contribution in [-0.4, -0.2) is 74.2 Å². The molecule has 0 aromatic heterocycles. The lowest BCUT2D eigenvalue weighted by molar-refractivity contribution is -0.124. The number of amides is 1. The second-order valence-electron chi connectivity index (χ2n) is 11.9. The highest BCUT2D eigenvalue weighted by molar-refractivity contribution is 7.90. The average molecular weight is 484 g/mol. The Morgan fingerprint density at radius 3 is 1.00 bits per heavy atom. The lowest BCUT2D eigenvalue weighted by Crippen LogP contribution is -2.34. The maximum absolute atomic E-state index is 10.9. The summed E-state index contributed by atoms with van der Waals surface area (Å²) in [5.41, 5.74) is -0.193. The summed E-state index contributed by atoms with van der Waals surface area (Å²) in [4.78, 5) is 24.9. The third-order valence-corrected chi connectivity index (χ3v) is 5.72. The van der Waals surface area contributed by atoms with Gasteiger partial charge in [0.2, 0.25) is 10.0 Å². The van der Waals surface area contributed by atoms with Gasteiger partial charge in [-0.15, -0.1) is 0 Å². The zero-order valence-electron chi connectivity index (χ0n) is 23.9. The number of rotatable bonds is 0. The number of carbonyl (C=O) groups is 2. The monoisotopic (exact) mass is 483 g/mol. The summed E-state index contributed by atoms with van der Waals surface area (Å²) < 4.78 is 25.0. The smallest absolute Gasteiger partial charge is 0.409 e. The molecular formula is C23H53N3O5S. The Kier molecular flexibility index (Phi) is 16.8. The first-order valence-corrected chi connectivity index (χ1v) is 12.1. The zero-order chi connectivity index (χ0) is 27.5. The van der Waals surface area contributed by atoms with Gasteiger partial charge in [-0.2, -0.15) is 0 Å². The van der Waals surface area contributed by atoms with E-state index in [0.29, 0.717) is 5.54 Å². The highest BCUT2D eigenvalue weighted by Gasteiger charge is 2.23. The molecule has 196 valence electrons. The molecule has 0 bridgehead atoms. The van der Waals surface area contributed by atoms with Crippen molar-refractivity contribution in [3.63, 3.8) is 0 Å². The van der Waals surface area contributed by atoms with Crippen LogP contribution in [0.3, 0.4) is 0 Å². The summed E-state index contributed by atoms with van der Waals surface area (Å²) in [6.07, 6.45) is -0.299. The highest BCUT2D eigenvalue weighted by atomic mass is 32.2. The van der Waals surface area contributed by atoms with Crippen LogP contribution in [0.5, 0.6) is 0 Å². The zero-order valence-corrected chi connectivity index (χ0v) is 24.7. The summed E-state index contributed by atoms with van der Waals surface area (Å²) in [6, 6.07) is 0. The van der Waals surface area contributed by atoms with Crippen LogP contribution in [0.15, 0.2) is 0 Å². The quantitative estimate of drug-likeness (QED) is 0.542. The molecule has 0 spiro atoms. The minimum Gasteiger partial charge on any atom is -0.444 e. The number of sulfonamides is 1. The first kappa shape index (κ1) is 38.1. The molecule has 0 heterocycles. The number of ketones is 1. The van der Waals surface area contributed by atoms with E-state index in [1.165, 1.54) is 4.90 Å². The number of hydrogen-bond donors (Lipinski definition) is 1. The molecule has 0 aromatic carbocycles. The molecule has 9 heteroatoms. The van der Waals surface area contributed by atoms with E-state index >= 15 is 0 Å². The summed E-state index contributed by atoms with van der Waals surface area (Å²) >= 11 is 0. The van der Waals surface area contributed by atoms with Crippen LogP contribution in [-0.2, 0) is 19.6 Å². The molecule has 0 saturated heterocycles. The van der Waals surface area contributed by atoms with Gasteiger partial charge in [0.1, 0.15) is 11.4 Å². The number of nitrogens with two attached hydrogens (primary N) is 1. The summed E-state index contributed by atoms with van der Waals surface area (Å²) in [5.74, 6) is 0.243. The number of nitrogens with zero attached hydrogens (tertiary/aromatic N) is 2. The predicted molar refractivity (Wildman–Crippen MR) is 136 cm³/mol. The molecule has 0 aromatic rings. The van der Waals surface area contributed by atoms with E-state index in [1.807, 2.05) is 41.5 Å². The molecule has 8 nitrogen and oxygen atoms in total. The molecule has 2 N–H and O–H groups in total. The first-order valence-electron chi connectivity index (χ1n) is 10.6. The van der Waals surface area contributed by atoms with Gasteiger partial charge in [-0.1, -0.05) is 20.8 Å². The van der Waals surface area contributed by atoms with Gasteiger partial charge in [0.05, 0.1) is 4.75 Å². The molecule has 32 heavy (non-hydrogen) atoms. The number of carbonyl (C=O) groups excluding carboxylic acids is 2. The lowest BCUT2D eigenvalue weighted by atomic mass is 9.92. The number of primary sulfonamides is 1. The van der Waals surface area contributed by atoms with E-state index in [4.69, 9.17) is 9.88 Å². The summed E-state index contributed by atoms with van der Waals surface area (Å²) in [7, 11) is 4.15. The van der Waals surface area contributed by atoms with Gasteiger partial charge in [-0.3, -0.25) is 4.79 Å². The third-order valence-electron chi connectivity index (χ3n) is 4.01. The van der Waals surface area contributed by atoms with Gasteiger partial charge in [-0.25, -0.2) is 18.4 Å². The largest absolute Gasteiger partial charge is 0.444 e. The van der Waals surface area contributed by atoms with Crippen molar-refractivity contribution in [1.82, 2.24) is 9.80 Å². The van der Waals surface area contributed by atoms with Crippen molar-refractivity contribution in [1.29, 1.82) is 0 Å². The Hall–Kier alpha value is -1.19. The van der Waals surface area contributed by atoms with Gasteiger partial charge in [0, 0.05) is 25.0 Å². The minimum absolute atomic E-state index is 0.139. The minimum atomic E-state index is -3.34. The molecule has 0 aliphatic carbocycles. The van der Waals surface area contributed by atoms with Gasteiger partial charge in [0.25, 0.3) is 0 Å². The number of Topliss-reactive ketones (excluding diaryl/α,β-unsaturated/α-hetero) is 1. The number of hydrogen-bond acceptors (Lipinski definition) is 6. The Balaban J connectivity index is -0.000000165. The van der Waals surface area contributed by atoms with E-state index in [9.17, 15) is 18.0 Å². The topological polar surface area (TPSA) is 110 Å². The molecule has 0 aliphatic heterocycles. The molecule has 1 amide bonds. The fourth-order valence-corrected chi connectivity index (χ4v) is 0.353. The van der Waals surface area contributed by atoms with Crippen LogP contribution >= 0.6 is 0 Å². The maximum atomic E-state index is 10.9. The van der Waals surface area contributed by atoms with Gasteiger partial charge in [-0.05, 0) is 83.3 Å². The molecule has 0 atom stereocenters. The van der Waals surface area contributed by atoms with Crippen molar-refractivity contribution in [2.75, 3.05) is 28.2 Å². The van der Waals surface area contributed by atoms with Crippen LogP contribution in [0.25, 0.3) is 0 Å². The Labute approximate surface area is 199 Å². The maximum Gasteiger partial charge on any atom is 0.409 e. The van der Waals surface area contributed by atoms with E-state index in [0.717, 1.165) is 0 Å². The van der Waals surface area contributed by atoms with Crippen molar-refractivity contribution < 1.29 is 22.7 Å². The molecule has 0 fully saturated rings. The van der Waals surface area contributed by atoms with Crippen LogP contribution in [0.2, 0.25) is 0 Å². The third kappa shape index (κ3) is 26.8. The fraction of sp³-hybridized carbons (Fsp3) is 0.913. The number of ether oxygens (including phenoxy) is 1. The SMILES string of the molecule is CC(=O)C(C)(C)C.CC(C)(C)S(N)(=O)=O.CN(C)C(=O)OC(C)(C)C.CN(C)C(C)(C)C. The van der Waals surface area contributed by atoms with Crippen LogP contribution in [0.1, 0.15) is 90.0 Å². The Bertz CT molecular complexity index is 643. The van der Waals surface area contributed by atoms with E-state index < -0.39 is 14.8 Å². The summed E-state index contributed by atoms with van der Waals surface area (Å²) in [5, 5.41) is 4.78. The van der Waals surface area contributed by atoms with Gasteiger partial charge >= 0.3 is 6.09 Å². The van der Waals surface area contributed by atoms with Crippen molar-refractivity contribution in [2.45, 2.75) is 106 Å². The van der Waals surface area contributed by atoms with Gasteiger partial charge in [0.15, 0.2) is 0 Å². The molecule has 0 saturated carbocycles. The molecular weight excluding hydrogens is 430 g/mol. The molecule has 0 radical (unpaired) electrons. The van der Waals surface area contributed by atoms with Crippen molar-refractivity contribution in [3.05, 3.63) is 0 Å². The summed E-state index contributed by atoms with van der Waals surface area (Å²) in [6.45, 7) is 24.1. The van der Waals surface area contributed by atoms with Crippen LogP contribution < -0.4 is 5.14 Å². The van der Waals surface area contributed by atoms with Gasteiger partial charge < -0.3 is 14.5 Å². The molecule has 0 rings (SSSR count). The molecule has 0 aliphatic rings. The Morgan fingerprint density at radius 1 is 0.750 bits per heavy atom. The second kappa shape index (κ2) is 14.2. The van der Waals surface area contributed by atoms with E-state index in [1.54, 1.807) is 41.8 Å². The average Bonchev–Trinajstić information content (AvgIpc) is 2.42. The van der Waals surface area contributed by atoms with Crippen molar-refractivity contribution >= 4 is 21.9 Å². The van der Waals surface area contributed by atoms with Crippen molar-refractivity contribution in [3.8, 4) is 0 Å². The van der Waals surface area contributed by atoms with E-state index in [2.05, 4.69) is 39.8 Å². The fourth-order valence-electron chi connectivity index (χ4n) is 0.353.